The molecule has 0 atom stereocenters. The zero-order valence-corrected chi connectivity index (χ0v) is 15.3. The SMILES string of the molecule is CCNC(=O)c1ccc(NC(=O)COc2ccc(Cl)cc2Br)cc1. The Kier molecular flexibility index (Phi) is 6.63. The van der Waals surface area contributed by atoms with Gasteiger partial charge in [0.15, 0.2) is 6.61 Å². The van der Waals surface area contributed by atoms with Gasteiger partial charge < -0.3 is 15.4 Å². The smallest absolute Gasteiger partial charge is 0.262 e. The molecule has 0 bridgehead atoms. The molecule has 0 saturated heterocycles. The third-order valence-electron chi connectivity index (χ3n) is 3.02. The van der Waals surface area contributed by atoms with Crippen LogP contribution in [0.3, 0.4) is 0 Å². The van der Waals surface area contributed by atoms with Crippen molar-refractivity contribution in [3.63, 3.8) is 0 Å². The molecule has 2 N–H and O–H groups in total. The van der Waals surface area contributed by atoms with Gasteiger partial charge in [0.05, 0.1) is 4.47 Å². The lowest BCUT2D eigenvalue weighted by Crippen LogP contribution is -2.23. The van der Waals surface area contributed by atoms with Crippen LogP contribution in [0.15, 0.2) is 46.9 Å². The first-order valence-corrected chi connectivity index (χ1v) is 8.42. The molecule has 2 rings (SSSR count). The number of carbonyl (C=O) groups is 2. The van der Waals surface area contributed by atoms with E-state index in [2.05, 4.69) is 26.6 Å². The molecule has 7 heteroatoms. The Morgan fingerprint density at radius 2 is 1.88 bits per heavy atom. The summed E-state index contributed by atoms with van der Waals surface area (Å²) >= 11 is 9.17. The monoisotopic (exact) mass is 410 g/mol. The molecule has 0 spiro atoms. The van der Waals surface area contributed by atoms with Gasteiger partial charge in [-0.3, -0.25) is 9.59 Å². The molecule has 0 fully saturated rings. The highest BCUT2D eigenvalue weighted by Gasteiger charge is 2.08. The van der Waals surface area contributed by atoms with Gasteiger partial charge in [-0.05, 0) is 65.3 Å². The maximum absolute atomic E-state index is 11.9. The molecule has 0 aliphatic rings. The minimum atomic E-state index is -0.303. The van der Waals surface area contributed by atoms with Crippen LogP contribution in [0.4, 0.5) is 5.69 Å². The maximum Gasteiger partial charge on any atom is 0.262 e. The third kappa shape index (κ3) is 5.25. The van der Waals surface area contributed by atoms with Crippen molar-refractivity contribution in [1.29, 1.82) is 0 Å². The van der Waals surface area contributed by atoms with Gasteiger partial charge in [-0.15, -0.1) is 0 Å². The van der Waals surface area contributed by atoms with Crippen LogP contribution in [0.1, 0.15) is 17.3 Å². The predicted molar refractivity (Wildman–Crippen MR) is 97.7 cm³/mol. The number of rotatable bonds is 6. The number of anilines is 1. The van der Waals surface area contributed by atoms with Crippen molar-refractivity contribution in [3.05, 3.63) is 57.5 Å². The zero-order valence-electron chi connectivity index (χ0n) is 12.9. The first-order valence-electron chi connectivity index (χ1n) is 7.25. The Labute approximate surface area is 153 Å². The van der Waals surface area contributed by atoms with E-state index in [1.54, 1.807) is 42.5 Å². The fourth-order valence-corrected chi connectivity index (χ4v) is 2.70. The van der Waals surface area contributed by atoms with Gasteiger partial charge in [0.2, 0.25) is 0 Å². The number of hydrogen-bond acceptors (Lipinski definition) is 3. The van der Waals surface area contributed by atoms with Crippen LogP contribution in [0.5, 0.6) is 5.75 Å². The van der Waals surface area contributed by atoms with Crippen LogP contribution in [0.2, 0.25) is 5.02 Å². The third-order valence-corrected chi connectivity index (χ3v) is 3.88. The molecule has 0 aliphatic carbocycles. The van der Waals surface area contributed by atoms with Crippen molar-refractivity contribution in [1.82, 2.24) is 5.32 Å². The van der Waals surface area contributed by atoms with E-state index >= 15 is 0 Å². The predicted octanol–water partition coefficient (Wildman–Crippen LogP) is 3.87. The molecule has 5 nitrogen and oxygen atoms in total. The van der Waals surface area contributed by atoms with Crippen molar-refractivity contribution in [2.45, 2.75) is 6.92 Å². The summed E-state index contributed by atoms with van der Waals surface area (Å²) in [5, 5.41) is 5.99. The second-order valence-corrected chi connectivity index (χ2v) is 6.14. The van der Waals surface area contributed by atoms with Gasteiger partial charge in [0.1, 0.15) is 5.75 Å². The summed E-state index contributed by atoms with van der Waals surface area (Å²) in [7, 11) is 0. The van der Waals surface area contributed by atoms with E-state index in [4.69, 9.17) is 16.3 Å². The number of hydrogen-bond donors (Lipinski definition) is 2. The minimum absolute atomic E-state index is 0.141. The molecule has 0 radical (unpaired) electrons. The second kappa shape index (κ2) is 8.70. The molecular weight excluding hydrogens is 396 g/mol. The number of carbonyl (C=O) groups excluding carboxylic acids is 2. The molecule has 2 aromatic rings. The Morgan fingerprint density at radius 3 is 2.50 bits per heavy atom. The topological polar surface area (TPSA) is 67.4 Å². The molecule has 0 heterocycles. The summed E-state index contributed by atoms with van der Waals surface area (Å²) in [4.78, 5) is 23.6. The molecule has 0 saturated carbocycles. The molecule has 0 unspecified atom stereocenters. The zero-order chi connectivity index (χ0) is 17.5. The van der Waals surface area contributed by atoms with E-state index in [1.807, 2.05) is 6.92 Å². The van der Waals surface area contributed by atoms with Gasteiger partial charge in [0, 0.05) is 22.8 Å². The largest absolute Gasteiger partial charge is 0.483 e. The second-order valence-electron chi connectivity index (χ2n) is 4.85. The summed E-state index contributed by atoms with van der Waals surface area (Å²) in [6, 6.07) is 11.7. The lowest BCUT2D eigenvalue weighted by molar-refractivity contribution is -0.118. The van der Waals surface area contributed by atoms with Crippen molar-refractivity contribution >= 4 is 45.0 Å². The number of nitrogens with one attached hydrogen (secondary N) is 2. The highest BCUT2D eigenvalue weighted by molar-refractivity contribution is 9.10. The normalized spacial score (nSPS) is 10.1. The standard InChI is InChI=1S/C17H16BrClN2O3/c1-2-20-17(23)11-3-6-13(7-4-11)21-16(22)10-24-15-8-5-12(19)9-14(15)18/h3-9H,2,10H2,1H3,(H,20,23)(H,21,22). The van der Waals surface area contributed by atoms with E-state index in [9.17, 15) is 9.59 Å². The van der Waals surface area contributed by atoms with Crippen LogP contribution in [0, 0.1) is 0 Å². The van der Waals surface area contributed by atoms with Gasteiger partial charge in [-0.1, -0.05) is 11.6 Å². The maximum atomic E-state index is 11.9. The molecular formula is C17H16BrClN2O3. The van der Waals surface area contributed by atoms with Crippen molar-refractivity contribution in [3.8, 4) is 5.75 Å². The summed E-state index contributed by atoms with van der Waals surface area (Å²) in [6.07, 6.45) is 0. The number of halogens is 2. The Morgan fingerprint density at radius 1 is 1.17 bits per heavy atom. The number of amides is 2. The Hall–Kier alpha value is -2.05. The quantitative estimate of drug-likeness (QED) is 0.758. The average Bonchev–Trinajstić information content (AvgIpc) is 2.55. The lowest BCUT2D eigenvalue weighted by Gasteiger charge is -2.09. The number of benzene rings is 2. The fraction of sp³-hybridized carbons (Fsp3) is 0.176. The first kappa shape index (κ1) is 18.3. The van der Waals surface area contributed by atoms with E-state index < -0.39 is 0 Å². The molecule has 0 aromatic heterocycles. The van der Waals surface area contributed by atoms with Crippen LogP contribution in [-0.2, 0) is 4.79 Å². The first-order chi connectivity index (χ1) is 11.5. The molecule has 2 amide bonds. The highest BCUT2D eigenvalue weighted by Crippen LogP contribution is 2.27. The van der Waals surface area contributed by atoms with Crippen molar-refractivity contribution in [2.75, 3.05) is 18.5 Å². The lowest BCUT2D eigenvalue weighted by atomic mass is 10.2. The Bertz CT molecular complexity index is 735. The molecule has 126 valence electrons. The van der Waals surface area contributed by atoms with Gasteiger partial charge in [-0.25, -0.2) is 0 Å². The van der Waals surface area contributed by atoms with E-state index in [0.717, 1.165) is 0 Å². The van der Waals surface area contributed by atoms with Gasteiger partial charge in [0.25, 0.3) is 11.8 Å². The van der Waals surface area contributed by atoms with E-state index in [-0.39, 0.29) is 18.4 Å². The molecule has 24 heavy (non-hydrogen) atoms. The summed E-state index contributed by atoms with van der Waals surface area (Å²) in [6.45, 7) is 2.28. The van der Waals surface area contributed by atoms with Gasteiger partial charge in [-0.2, -0.15) is 0 Å². The van der Waals surface area contributed by atoms with Gasteiger partial charge >= 0.3 is 0 Å². The minimum Gasteiger partial charge on any atom is -0.483 e. The van der Waals surface area contributed by atoms with Crippen LogP contribution < -0.4 is 15.4 Å². The van der Waals surface area contributed by atoms with E-state index in [1.165, 1.54) is 0 Å². The van der Waals surface area contributed by atoms with Crippen LogP contribution in [0.25, 0.3) is 0 Å². The highest BCUT2D eigenvalue weighted by atomic mass is 79.9. The molecule has 2 aromatic carbocycles. The summed E-state index contributed by atoms with van der Waals surface area (Å²) in [5.74, 6) is 0.0787. The number of ether oxygens (including phenoxy) is 1. The van der Waals surface area contributed by atoms with Crippen LogP contribution >= 0.6 is 27.5 Å². The average molecular weight is 412 g/mol. The fourth-order valence-electron chi connectivity index (χ4n) is 1.90. The Balaban J connectivity index is 1.89. The van der Waals surface area contributed by atoms with E-state index in [0.29, 0.717) is 33.0 Å². The molecule has 0 aliphatic heterocycles. The summed E-state index contributed by atoms with van der Waals surface area (Å²) < 4.78 is 6.11. The van der Waals surface area contributed by atoms with Crippen molar-refractivity contribution < 1.29 is 14.3 Å². The van der Waals surface area contributed by atoms with Crippen molar-refractivity contribution in [2.24, 2.45) is 0 Å². The van der Waals surface area contributed by atoms with Crippen LogP contribution in [-0.4, -0.2) is 25.0 Å². The summed E-state index contributed by atoms with van der Waals surface area (Å²) in [5.41, 5.74) is 1.13.